The molecule has 1 aliphatic rings. The van der Waals surface area contributed by atoms with Gasteiger partial charge >= 0.3 is 0 Å². The summed E-state index contributed by atoms with van der Waals surface area (Å²) in [7, 11) is 2.20. The Morgan fingerprint density at radius 2 is 1.82 bits per heavy atom. The first kappa shape index (κ1) is 14.9. The van der Waals surface area contributed by atoms with Gasteiger partial charge in [0.15, 0.2) is 0 Å². The van der Waals surface area contributed by atoms with Crippen molar-refractivity contribution in [2.45, 2.75) is 70.6 Å². The summed E-state index contributed by atoms with van der Waals surface area (Å²) in [5.74, 6) is 0. The molecule has 3 nitrogen and oxygen atoms in total. The molecule has 17 heavy (non-hydrogen) atoms. The fraction of sp³-hybridized carbons (Fsp3) is 1.00. The van der Waals surface area contributed by atoms with Gasteiger partial charge in [0.05, 0.1) is 5.60 Å². The molecule has 0 atom stereocenters. The molecule has 0 aromatic heterocycles. The number of hydrogen-bond donors (Lipinski definition) is 2. The van der Waals surface area contributed by atoms with Gasteiger partial charge in [-0.3, -0.25) is 0 Å². The van der Waals surface area contributed by atoms with Crippen LogP contribution in [0, 0.1) is 0 Å². The van der Waals surface area contributed by atoms with Crippen LogP contribution in [-0.4, -0.2) is 47.8 Å². The average Bonchev–Trinajstić information content (AvgIpc) is 2.26. The fourth-order valence-electron chi connectivity index (χ4n) is 2.64. The first-order valence-electron chi connectivity index (χ1n) is 7.08. The van der Waals surface area contributed by atoms with Gasteiger partial charge in [0, 0.05) is 18.6 Å². The van der Waals surface area contributed by atoms with E-state index in [1.165, 1.54) is 25.7 Å². The van der Waals surface area contributed by atoms with Crippen LogP contribution < -0.4 is 5.32 Å². The largest absolute Gasteiger partial charge is 0.390 e. The molecule has 0 bridgehead atoms. The molecule has 0 amide bonds. The van der Waals surface area contributed by atoms with E-state index >= 15 is 0 Å². The monoisotopic (exact) mass is 242 g/mol. The Morgan fingerprint density at radius 1 is 1.24 bits per heavy atom. The highest BCUT2D eigenvalue weighted by Crippen LogP contribution is 2.23. The van der Waals surface area contributed by atoms with Crippen molar-refractivity contribution >= 4 is 0 Å². The van der Waals surface area contributed by atoms with Crippen LogP contribution in [0.15, 0.2) is 0 Å². The second-order valence-corrected chi connectivity index (χ2v) is 6.11. The van der Waals surface area contributed by atoms with Gasteiger partial charge in [-0.2, -0.15) is 0 Å². The van der Waals surface area contributed by atoms with Crippen LogP contribution in [0.1, 0.15) is 52.9 Å². The fourth-order valence-corrected chi connectivity index (χ4v) is 2.64. The maximum Gasteiger partial charge on any atom is 0.0603 e. The van der Waals surface area contributed by atoms with Crippen LogP contribution in [-0.2, 0) is 0 Å². The minimum absolute atomic E-state index is 0.533. The third-order valence-electron chi connectivity index (χ3n) is 3.89. The highest BCUT2D eigenvalue weighted by Gasteiger charge is 2.24. The predicted octanol–water partition coefficient (Wildman–Crippen LogP) is 2.00. The van der Waals surface area contributed by atoms with E-state index in [9.17, 15) is 5.11 Å². The first-order valence-corrected chi connectivity index (χ1v) is 7.08. The molecular formula is C14H30N2O. The maximum atomic E-state index is 9.74. The van der Waals surface area contributed by atoms with Gasteiger partial charge in [-0.05, 0) is 59.5 Å². The van der Waals surface area contributed by atoms with Gasteiger partial charge in [0.2, 0.25) is 0 Å². The van der Waals surface area contributed by atoms with E-state index < -0.39 is 5.60 Å². The van der Waals surface area contributed by atoms with Gasteiger partial charge in [-0.25, -0.2) is 0 Å². The second kappa shape index (κ2) is 6.72. The molecule has 0 radical (unpaired) electrons. The van der Waals surface area contributed by atoms with E-state index in [0.29, 0.717) is 6.04 Å². The van der Waals surface area contributed by atoms with Crippen LogP contribution in [0.4, 0.5) is 0 Å². The first-order chi connectivity index (χ1) is 7.92. The van der Waals surface area contributed by atoms with E-state index in [2.05, 4.69) is 24.2 Å². The smallest absolute Gasteiger partial charge is 0.0603 e. The predicted molar refractivity (Wildman–Crippen MR) is 73.3 cm³/mol. The summed E-state index contributed by atoms with van der Waals surface area (Å²) in [4.78, 5) is 2.43. The van der Waals surface area contributed by atoms with Crippen LogP contribution >= 0.6 is 0 Å². The lowest BCUT2D eigenvalue weighted by molar-refractivity contribution is 0.0516. The van der Waals surface area contributed by atoms with Gasteiger partial charge < -0.3 is 15.3 Å². The average molecular weight is 242 g/mol. The molecular weight excluding hydrogens is 212 g/mol. The molecule has 0 unspecified atom stereocenters. The van der Waals surface area contributed by atoms with Crippen LogP contribution in [0.25, 0.3) is 0 Å². The molecule has 3 heteroatoms. The Morgan fingerprint density at radius 3 is 2.29 bits per heavy atom. The van der Waals surface area contributed by atoms with Crippen molar-refractivity contribution in [1.82, 2.24) is 10.2 Å². The number of hydrogen-bond acceptors (Lipinski definition) is 3. The third kappa shape index (κ3) is 5.84. The molecule has 1 fully saturated rings. The molecule has 2 N–H and O–H groups in total. The summed E-state index contributed by atoms with van der Waals surface area (Å²) in [6.07, 6.45) is 6.04. The third-order valence-corrected chi connectivity index (χ3v) is 3.89. The van der Waals surface area contributed by atoms with Crippen molar-refractivity contribution in [3.63, 3.8) is 0 Å². The van der Waals surface area contributed by atoms with Crippen molar-refractivity contribution < 1.29 is 5.11 Å². The molecule has 1 saturated carbocycles. The van der Waals surface area contributed by atoms with E-state index in [4.69, 9.17) is 0 Å². The van der Waals surface area contributed by atoms with E-state index in [1.54, 1.807) is 0 Å². The standard InChI is InChI=1S/C14H30N2O/c1-5-15-12-6-8-13(9-7-12)16(4)11-10-14(2,3)17/h12-13,15,17H,5-11H2,1-4H3. The Bertz CT molecular complexity index is 205. The zero-order valence-electron chi connectivity index (χ0n) is 12.0. The van der Waals surface area contributed by atoms with E-state index in [1.807, 2.05) is 13.8 Å². The zero-order chi connectivity index (χ0) is 12.9. The molecule has 0 aliphatic heterocycles. The number of nitrogens with one attached hydrogen (secondary N) is 1. The summed E-state index contributed by atoms with van der Waals surface area (Å²) in [6, 6.07) is 1.45. The summed E-state index contributed by atoms with van der Waals surface area (Å²) in [5, 5.41) is 13.3. The summed E-state index contributed by atoms with van der Waals surface area (Å²) >= 11 is 0. The van der Waals surface area contributed by atoms with Crippen molar-refractivity contribution in [3.8, 4) is 0 Å². The van der Waals surface area contributed by atoms with Crippen molar-refractivity contribution in [3.05, 3.63) is 0 Å². The van der Waals surface area contributed by atoms with Crippen molar-refractivity contribution in [1.29, 1.82) is 0 Å². The van der Waals surface area contributed by atoms with Crippen LogP contribution in [0.5, 0.6) is 0 Å². The number of rotatable bonds is 6. The summed E-state index contributed by atoms with van der Waals surface area (Å²) < 4.78 is 0. The van der Waals surface area contributed by atoms with Crippen molar-refractivity contribution in [2.24, 2.45) is 0 Å². The van der Waals surface area contributed by atoms with E-state index in [0.717, 1.165) is 25.6 Å². The van der Waals surface area contributed by atoms with E-state index in [-0.39, 0.29) is 0 Å². The summed E-state index contributed by atoms with van der Waals surface area (Å²) in [6.45, 7) is 8.05. The lowest BCUT2D eigenvalue weighted by Gasteiger charge is -2.36. The lowest BCUT2D eigenvalue weighted by Crippen LogP contribution is -2.42. The molecule has 0 spiro atoms. The zero-order valence-corrected chi connectivity index (χ0v) is 12.0. The van der Waals surface area contributed by atoms with Gasteiger partial charge in [-0.15, -0.1) is 0 Å². The normalized spacial score (nSPS) is 26.5. The molecule has 1 rings (SSSR count). The molecule has 102 valence electrons. The summed E-state index contributed by atoms with van der Waals surface area (Å²) in [5.41, 5.74) is -0.533. The van der Waals surface area contributed by atoms with Gasteiger partial charge in [-0.1, -0.05) is 6.92 Å². The van der Waals surface area contributed by atoms with Crippen molar-refractivity contribution in [2.75, 3.05) is 20.1 Å². The highest BCUT2D eigenvalue weighted by atomic mass is 16.3. The molecule has 0 saturated heterocycles. The highest BCUT2D eigenvalue weighted by molar-refractivity contribution is 4.82. The molecule has 0 aromatic carbocycles. The van der Waals surface area contributed by atoms with Crippen LogP contribution in [0.2, 0.25) is 0 Å². The minimum atomic E-state index is -0.533. The molecule has 1 aliphatic carbocycles. The van der Waals surface area contributed by atoms with Gasteiger partial charge in [0.1, 0.15) is 0 Å². The molecule has 0 aromatic rings. The van der Waals surface area contributed by atoms with Crippen LogP contribution in [0.3, 0.4) is 0 Å². The lowest BCUT2D eigenvalue weighted by atomic mass is 9.90. The minimum Gasteiger partial charge on any atom is -0.390 e. The quantitative estimate of drug-likeness (QED) is 0.748. The number of aliphatic hydroxyl groups is 1. The Balaban J connectivity index is 2.23. The topological polar surface area (TPSA) is 35.5 Å². The SMILES string of the molecule is CCNC1CCC(N(C)CCC(C)(C)O)CC1. The second-order valence-electron chi connectivity index (χ2n) is 6.11. The Labute approximate surface area is 107 Å². The molecule has 0 heterocycles. The Kier molecular flexibility index (Phi) is 5.90. The van der Waals surface area contributed by atoms with Gasteiger partial charge in [0.25, 0.3) is 0 Å². The Hall–Kier alpha value is -0.120. The number of nitrogens with zero attached hydrogens (tertiary/aromatic N) is 1. The maximum absolute atomic E-state index is 9.74.